The Morgan fingerprint density at radius 3 is 2.82 bits per heavy atom. The molecule has 0 spiro atoms. The second-order valence-electron chi connectivity index (χ2n) is 6.72. The van der Waals surface area contributed by atoms with Crippen molar-refractivity contribution in [2.75, 3.05) is 33.3 Å². The first-order valence-electron chi connectivity index (χ1n) is 8.14. The van der Waals surface area contributed by atoms with Crippen molar-refractivity contribution in [1.82, 2.24) is 10.2 Å². The Hall–Kier alpha value is -1.39. The van der Waals surface area contributed by atoms with Crippen molar-refractivity contribution < 1.29 is 9.53 Å². The molecule has 4 nitrogen and oxygen atoms in total. The highest BCUT2D eigenvalue weighted by Gasteiger charge is 2.31. The lowest BCUT2D eigenvalue weighted by Gasteiger charge is -2.24. The largest absolute Gasteiger partial charge is 0.377 e. The van der Waals surface area contributed by atoms with Crippen LogP contribution in [0.3, 0.4) is 0 Å². The average molecular weight is 304 g/mol. The highest BCUT2D eigenvalue weighted by atomic mass is 16.5. The molecule has 0 aliphatic carbocycles. The molecule has 1 amide bonds. The van der Waals surface area contributed by atoms with Gasteiger partial charge in [-0.25, -0.2) is 0 Å². The number of likely N-dealkylation sites (tertiary alicyclic amines) is 1. The van der Waals surface area contributed by atoms with E-state index in [4.69, 9.17) is 4.74 Å². The molecule has 0 radical (unpaired) electrons. The van der Waals surface area contributed by atoms with E-state index in [0.29, 0.717) is 19.6 Å². The lowest BCUT2D eigenvalue weighted by Crippen LogP contribution is -2.37. The molecule has 0 saturated carbocycles. The molecule has 0 unspecified atom stereocenters. The first-order valence-corrected chi connectivity index (χ1v) is 8.14. The van der Waals surface area contributed by atoms with E-state index in [9.17, 15) is 4.79 Å². The zero-order valence-corrected chi connectivity index (χ0v) is 13.8. The Balaban J connectivity index is 1.53. The number of hydrogen-bond acceptors (Lipinski definition) is 3. The standard InChI is InChI=1S/C18H28N2O2/c1-18(10-11-20(2)15-18)14-19-17(21)9-6-12-22-13-16-7-4-3-5-8-16/h3-5,7-8H,6,9-15H2,1-2H3,(H,19,21)/t18-/m0/s1. The Kier molecular flexibility index (Phi) is 6.40. The topological polar surface area (TPSA) is 41.6 Å². The second kappa shape index (κ2) is 8.30. The van der Waals surface area contributed by atoms with Crippen LogP contribution in [-0.2, 0) is 16.1 Å². The van der Waals surface area contributed by atoms with Crippen LogP contribution in [-0.4, -0.2) is 44.1 Å². The highest BCUT2D eigenvalue weighted by molar-refractivity contribution is 5.75. The minimum Gasteiger partial charge on any atom is -0.377 e. The molecule has 4 heteroatoms. The fourth-order valence-electron chi connectivity index (χ4n) is 2.91. The molecular weight excluding hydrogens is 276 g/mol. The van der Waals surface area contributed by atoms with Crippen LogP contribution in [0.2, 0.25) is 0 Å². The molecule has 1 saturated heterocycles. The quantitative estimate of drug-likeness (QED) is 0.750. The maximum absolute atomic E-state index is 11.9. The van der Waals surface area contributed by atoms with Gasteiger partial charge in [0.15, 0.2) is 0 Å². The minimum absolute atomic E-state index is 0.138. The van der Waals surface area contributed by atoms with Gasteiger partial charge in [-0.2, -0.15) is 0 Å². The van der Waals surface area contributed by atoms with Gasteiger partial charge >= 0.3 is 0 Å². The summed E-state index contributed by atoms with van der Waals surface area (Å²) in [7, 11) is 2.14. The summed E-state index contributed by atoms with van der Waals surface area (Å²) in [5, 5.41) is 3.07. The summed E-state index contributed by atoms with van der Waals surface area (Å²) < 4.78 is 5.60. The van der Waals surface area contributed by atoms with E-state index in [1.54, 1.807) is 0 Å². The number of hydrogen-bond donors (Lipinski definition) is 1. The van der Waals surface area contributed by atoms with Crippen LogP contribution in [0.4, 0.5) is 0 Å². The van der Waals surface area contributed by atoms with Gasteiger partial charge in [0, 0.05) is 26.1 Å². The molecule has 1 aromatic rings. The molecule has 1 aromatic carbocycles. The van der Waals surface area contributed by atoms with E-state index >= 15 is 0 Å². The zero-order chi connectivity index (χ0) is 15.8. The monoisotopic (exact) mass is 304 g/mol. The van der Waals surface area contributed by atoms with E-state index in [1.807, 2.05) is 30.3 Å². The summed E-state index contributed by atoms with van der Waals surface area (Å²) >= 11 is 0. The molecule has 1 aliphatic rings. The van der Waals surface area contributed by atoms with Crippen LogP contribution in [0, 0.1) is 5.41 Å². The predicted molar refractivity (Wildman–Crippen MR) is 88.6 cm³/mol. The van der Waals surface area contributed by atoms with Crippen LogP contribution < -0.4 is 5.32 Å². The minimum atomic E-state index is 0.138. The van der Waals surface area contributed by atoms with Crippen molar-refractivity contribution in [2.45, 2.75) is 32.8 Å². The van der Waals surface area contributed by atoms with Crippen molar-refractivity contribution in [3.63, 3.8) is 0 Å². The predicted octanol–water partition coefficient (Wildman–Crippen LogP) is 2.44. The molecule has 1 aliphatic heterocycles. The number of carbonyl (C=O) groups excluding carboxylic acids is 1. The van der Waals surface area contributed by atoms with Crippen LogP contribution in [0.5, 0.6) is 0 Å². The van der Waals surface area contributed by atoms with E-state index in [0.717, 1.165) is 32.5 Å². The number of benzene rings is 1. The molecule has 1 N–H and O–H groups in total. The molecule has 122 valence electrons. The molecule has 0 bridgehead atoms. The maximum Gasteiger partial charge on any atom is 0.220 e. The van der Waals surface area contributed by atoms with Crippen molar-refractivity contribution in [3.8, 4) is 0 Å². The maximum atomic E-state index is 11.9. The molecular formula is C18H28N2O2. The molecule has 1 atom stereocenters. The molecule has 1 heterocycles. The number of nitrogens with one attached hydrogen (secondary N) is 1. The number of rotatable bonds is 8. The third-order valence-electron chi connectivity index (χ3n) is 4.27. The Morgan fingerprint density at radius 1 is 1.36 bits per heavy atom. The fraction of sp³-hybridized carbons (Fsp3) is 0.611. The molecule has 0 aromatic heterocycles. The Labute approximate surface area is 133 Å². The third kappa shape index (κ3) is 5.78. The Bertz CT molecular complexity index is 463. The van der Waals surface area contributed by atoms with Gasteiger partial charge in [0.25, 0.3) is 0 Å². The lowest BCUT2D eigenvalue weighted by atomic mass is 9.90. The van der Waals surface area contributed by atoms with Gasteiger partial charge in [-0.1, -0.05) is 37.3 Å². The van der Waals surface area contributed by atoms with Crippen LogP contribution >= 0.6 is 0 Å². The van der Waals surface area contributed by atoms with Crippen LogP contribution in [0.1, 0.15) is 31.7 Å². The highest BCUT2D eigenvalue weighted by Crippen LogP contribution is 2.27. The van der Waals surface area contributed by atoms with Crippen LogP contribution in [0.25, 0.3) is 0 Å². The van der Waals surface area contributed by atoms with E-state index in [-0.39, 0.29) is 11.3 Å². The summed E-state index contributed by atoms with van der Waals surface area (Å²) in [5.41, 5.74) is 1.40. The number of ether oxygens (including phenoxy) is 1. The van der Waals surface area contributed by atoms with E-state index < -0.39 is 0 Å². The SMILES string of the molecule is CN1CC[C@@](C)(CNC(=O)CCCOCc2ccccc2)C1. The van der Waals surface area contributed by atoms with Crippen molar-refractivity contribution in [1.29, 1.82) is 0 Å². The number of carbonyl (C=O) groups is 1. The van der Waals surface area contributed by atoms with Gasteiger partial charge in [-0.15, -0.1) is 0 Å². The summed E-state index contributed by atoms with van der Waals surface area (Å²) in [6, 6.07) is 10.1. The fourth-order valence-corrected chi connectivity index (χ4v) is 2.91. The van der Waals surface area contributed by atoms with Gasteiger partial charge in [0.2, 0.25) is 5.91 Å². The second-order valence-corrected chi connectivity index (χ2v) is 6.72. The molecule has 22 heavy (non-hydrogen) atoms. The number of nitrogens with zero attached hydrogens (tertiary/aromatic N) is 1. The molecule has 2 rings (SSSR count). The summed E-state index contributed by atoms with van der Waals surface area (Å²) in [6.07, 6.45) is 2.47. The number of amides is 1. The molecule has 1 fully saturated rings. The average Bonchev–Trinajstić information content (AvgIpc) is 2.86. The summed E-state index contributed by atoms with van der Waals surface area (Å²) in [6.45, 7) is 6.46. The van der Waals surface area contributed by atoms with Gasteiger partial charge in [-0.05, 0) is 37.4 Å². The summed E-state index contributed by atoms with van der Waals surface area (Å²) in [4.78, 5) is 14.2. The third-order valence-corrected chi connectivity index (χ3v) is 4.27. The van der Waals surface area contributed by atoms with E-state index in [1.165, 1.54) is 5.56 Å². The summed E-state index contributed by atoms with van der Waals surface area (Å²) in [5.74, 6) is 0.138. The smallest absolute Gasteiger partial charge is 0.220 e. The van der Waals surface area contributed by atoms with Gasteiger partial charge in [-0.3, -0.25) is 4.79 Å². The van der Waals surface area contributed by atoms with E-state index in [2.05, 4.69) is 24.2 Å². The normalized spacial score (nSPS) is 21.9. The van der Waals surface area contributed by atoms with Crippen LogP contribution in [0.15, 0.2) is 30.3 Å². The van der Waals surface area contributed by atoms with Crippen molar-refractivity contribution in [2.24, 2.45) is 5.41 Å². The lowest BCUT2D eigenvalue weighted by molar-refractivity contribution is -0.121. The Morgan fingerprint density at radius 2 is 2.14 bits per heavy atom. The van der Waals surface area contributed by atoms with Crippen molar-refractivity contribution in [3.05, 3.63) is 35.9 Å². The zero-order valence-electron chi connectivity index (χ0n) is 13.8. The van der Waals surface area contributed by atoms with Crippen molar-refractivity contribution >= 4 is 5.91 Å². The first-order chi connectivity index (χ1) is 10.6. The first kappa shape index (κ1) is 17.0. The van der Waals surface area contributed by atoms with Gasteiger partial charge in [0.05, 0.1) is 6.61 Å². The van der Waals surface area contributed by atoms with Gasteiger partial charge in [0.1, 0.15) is 0 Å². The van der Waals surface area contributed by atoms with Gasteiger partial charge < -0.3 is 15.0 Å².